The lowest BCUT2D eigenvalue weighted by atomic mass is 10.3. The second-order valence-electron chi connectivity index (χ2n) is 4.30. The van der Waals surface area contributed by atoms with E-state index in [4.69, 9.17) is 16.7 Å². The van der Waals surface area contributed by atoms with Crippen molar-refractivity contribution in [3.8, 4) is 17.1 Å². The normalized spacial score (nSPS) is 10.8. The Morgan fingerprint density at radius 2 is 2.32 bits per heavy atom. The first-order valence-electron chi connectivity index (χ1n) is 6.20. The molecule has 3 aromatic rings. The molecule has 0 atom stereocenters. The molecule has 3 rings (SSSR count). The highest BCUT2D eigenvalue weighted by molar-refractivity contribution is 7.99. The SMILES string of the molecule is O=C(O)CSc1n[nH]c(-c2cnn(-c3cccc(Cl)c3)c2)n1. The van der Waals surface area contributed by atoms with E-state index < -0.39 is 5.97 Å². The highest BCUT2D eigenvalue weighted by Gasteiger charge is 2.10. The minimum atomic E-state index is -0.912. The van der Waals surface area contributed by atoms with E-state index in [0.29, 0.717) is 16.0 Å². The van der Waals surface area contributed by atoms with Gasteiger partial charge in [-0.05, 0) is 18.2 Å². The number of H-pyrrole nitrogens is 1. The van der Waals surface area contributed by atoms with Crippen molar-refractivity contribution in [1.82, 2.24) is 25.0 Å². The van der Waals surface area contributed by atoms with Gasteiger partial charge in [0.05, 0.1) is 23.2 Å². The topological polar surface area (TPSA) is 96.7 Å². The van der Waals surface area contributed by atoms with E-state index in [-0.39, 0.29) is 5.75 Å². The van der Waals surface area contributed by atoms with Crippen LogP contribution in [-0.4, -0.2) is 41.8 Å². The van der Waals surface area contributed by atoms with Gasteiger partial charge in [-0.2, -0.15) is 5.10 Å². The number of carbonyl (C=O) groups is 1. The Morgan fingerprint density at radius 1 is 1.45 bits per heavy atom. The van der Waals surface area contributed by atoms with Crippen LogP contribution < -0.4 is 0 Å². The van der Waals surface area contributed by atoms with Crippen molar-refractivity contribution in [2.24, 2.45) is 0 Å². The molecule has 0 amide bonds. The smallest absolute Gasteiger partial charge is 0.313 e. The van der Waals surface area contributed by atoms with Crippen molar-refractivity contribution in [2.45, 2.75) is 5.16 Å². The Morgan fingerprint density at radius 3 is 3.09 bits per heavy atom. The molecule has 0 aliphatic carbocycles. The van der Waals surface area contributed by atoms with E-state index in [1.165, 1.54) is 0 Å². The number of aromatic amines is 1. The van der Waals surface area contributed by atoms with E-state index >= 15 is 0 Å². The Bertz CT molecular complexity index is 816. The second-order valence-corrected chi connectivity index (χ2v) is 5.68. The van der Waals surface area contributed by atoms with Crippen LogP contribution in [0.25, 0.3) is 17.1 Å². The third-order valence-corrected chi connectivity index (χ3v) is 3.79. The summed E-state index contributed by atoms with van der Waals surface area (Å²) in [5, 5.41) is 20.6. The monoisotopic (exact) mass is 335 g/mol. The number of rotatable bonds is 5. The van der Waals surface area contributed by atoms with E-state index in [0.717, 1.165) is 23.0 Å². The van der Waals surface area contributed by atoms with Crippen LogP contribution in [-0.2, 0) is 4.79 Å². The summed E-state index contributed by atoms with van der Waals surface area (Å²) in [7, 11) is 0. The summed E-state index contributed by atoms with van der Waals surface area (Å²) < 4.78 is 1.67. The molecule has 112 valence electrons. The molecule has 0 spiro atoms. The van der Waals surface area contributed by atoms with Gasteiger partial charge in [0, 0.05) is 11.2 Å². The summed E-state index contributed by atoms with van der Waals surface area (Å²) >= 11 is 7.01. The molecule has 0 saturated carbocycles. The largest absolute Gasteiger partial charge is 0.481 e. The van der Waals surface area contributed by atoms with Crippen molar-refractivity contribution < 1.29 is 9.90 Å². The van der Waals surface area contributed by atoms with Gasteiger partial charge in [-0.15, -0.1) is 5.10 Å². The molecular formula is C13H10ClN5O2S. The van der Waals surface area contributed by atoms with Crippen molar-refractivity contribution in [3.05, 3.63) is 41.7 Å². The van der Waals surface area contributed by atoms with Gasteiger partial charge in [-0.3, -0.25) is 9.89 Å². The van der Waals surface area contributed by atoms with Crippen LogP contribution in [0.3, 0.4) is 0 Å². The number of hydrogen-bond acceptors (Lipinski definition) is 5. The molecule has 2 heterocycles. The van der Waals surface area contributed by atoms with Gasteiger partial charge < -0.3 is 5.11 Å². The lowest BCUT2D eigenvalue weighted by Crippen LogP contribution is -1.97. The van der Waals surface area contributed by atoms with Gasteiger partial charge in [0.15, 0.2) is 5.82 Å². The number of aliphatic carboxylic acids is 1. The molecule has 0 aliphatic heterocycles. The average Bonchev–Trinajstić information content (AvgIpc) is 3.14. The number of nitrogens with one attached hydrogen (secondary N) is 1. The summed E-state index contributed by atoms with van der Waals surface area (Å²) in [5.74, 6) is -0.467. The molecule has 0 radical (unpaired) electrons. The quantitative estimate of drug-likeness (QED) is 0.695. The van der Waals surface area contributed by atoms with Gasteiger partial charge in [0.2, 0.25) is 5.16 Å². The fraction of sp³-hybridized carbons (Fsp3) is 0.0769. The molecule has 0 aliphatic rings. The molecule has 1 aromatic carbocycles. The maximum absolute atomic E-state index is 10.5. The van der Waals surface area contributed by atoms with Gasteiger partial charge >= 0.3 is 5.97 Å². The highest BCUT2D eigenvalue weighted by Crippen LogP contribution is 2.20. The standard InChI is InChI=1S/C13H10ClN5O2S/c14-9-2-1-3-10(4-9)19-6-8(5-15-19)12-16-13(18-17-12)22-7-11(20)21/h1-6H,7H2,(H,20,21)(H,16,17,18). The lowest BCUT2D eigenvalue weighted by Gasteiger charge is -2.00. The Kier molecular flexibility index (Phi) is 4.12. The molecule has 2 N–H and O–H groups in total. The van der Waals surface area contributed by atoms with Crippen LogP contribution in [0.1, 0.15) is 0 Å². The predicted octanol–water partition coefficient (Wildman–Crippen LogP) is 2.49. The number of carboxylic acids is 1. The van der Waals surface area contributed by atoms with Crippen LogP contribution in [0, 0.1) is 0 Å². The first-order valence-corrected chi connectivity index (χ1v) is 7.56. The molecule has 9 heteroatoms. The molecule has 0 unspecified atom stereocenters. The van der Waals surface area contributed by atoms with Crippen molar-refractivity contribution >= 4 is 29.3 Å². The van der Waals surface area contributed by atoms with Crippen molar-refractivity contribution in [2.75, 3.05) is 5.75 Å². The Labute approximate surface area is 134 Å². The van der Waals surface area contributed by atoms with Gasteiger partial charge in [0.25, 0.3) is 0 Å². The predicted molar refractivity (Wildman–Crippen MR) is 82.3 cm³/mol. The van der Waals surface area contributed by atoms with Crippen LogP contribution >= 0.6 is 23.4 Å². The van der Waals surface area contributed by atoms with Crippen molar-refractivity contribution in [3.63, 3.8) is 0 Å². The van der Waals surface area contributed by atoms with E-state index in [9.17, 15) is 4.79 Å². The van der Waals surface area contributed by atoms with Crippen molar-refractivity contribution in [1.29, 1.82) is 0 Å². The van der Waals surface area contributed by atoms with Crippen LogP contribution in [0.5, 0.6) is 0 Å². The molecular weight excluding hydrogens is 326 g/mol. The Balaban J connectivity index is 1.80. The molecule has 0 saturated heterocycles. The number of nitrogens with zero attached hydrogens (tertiary/aromatic N) is 4. The fourth-order valence-corrected chi connectivity index (χ4v) is 2.47. The highest BCUT2D eigenvalue weighted by atomic mass is 35.5. The maximum Gasteiger partial charge on any atom is 0.313 e. The molecule has 22 heavy (non-hydrogen) atoms. The molecule has 0 fully saturated rings. The molecule has 7 nitrogen and oxygen atoms in total. The van der Waals surface area contributed by atoms with E-state index in [1.54, 1.807) is 29.2 Å². The molecule has 2 aromatic heterocycles. The molecule has 0 bridgehead atoms. The fourth-order valence-electron chi connectivity index (χ4n) is 1.77. The number of carboxylic acid groups (broad SMARTS) is 1. The summed E-state index contributed by atoms with van der Waals surface area (Å²) in [6.45, 7) is 0. The summed E-state index contributed by atoms with van der Waals surface area (Å²) in [5.41, 5.74) is 1.58. The van der Waals surface area contributed by atoms with E-state index in [1.807, 2.05) is 12.1 Å². The first kappa shape index (κ1) is 14.6. The van der Waals surface area contributed by atoms with Crippen LogP contribution in [0.4, 0.5) is 0 Å². The number of halogens is 1. The number of thioether (sulfide) groups is 1. The first-order chi connectivity index (χ1) is 10.6. The zero-order valence-corrected chi connectivity index (χ0v) is 12.7. The van der Waals surface area contributed by atoms with Gasteiger partial charge in [0.1, 0.15) is 0 Å². The number of benzene rings is 1. The minimum Gasteiger partial charge on any atom is -0.481 e. The second kappa shape index (κ2) is 6.20. The van der Waals surface area contributed by atoms with Crippen LogP contribution in [0.15, 0.2) is 41.8 Å². The third kappa shape index (κ3) is 3.29. The van der Waals surface area contributed by atoms with Crippen LogP contribution in [0.2, 0.25) is 5.02 Å². The van der Waals surface area contributed by atoms with E-state index in [2.05, 4.69) is 20.3 Å². The van der Waals surface area contributed by atoms with Gasteiger partial charge in [-0.1, -0.05) is 29.4 Å². The third-order valence-electron chi connectivity index (χ3n) is 2.72. The number of aromatic nitrogens is 5. The van der Waals surface area contributed by atoms with Gasteiger partial charge in [-0.25, -0.2) is 9.67 Å². The Hall–Kier alpha value is -2.32. The summed E-state index contributed by atoms with van der Waals surface area (Å²) in [6, 6.07) is 7.32. The lowest BCUT2D eigenvalue weighted by molar-refractivity contribution is -0.133. The summed E-state index contributed by atoms with van der Waals surface area (Å²) in [4.78, 5) is 14.8. The zero-order valence-electron chi connectivity index (χ0n) is 11.1. The number of hydrogen-bond donors (Lipinski definition) is 2. The summed E-state index contributed by atoms with van der Waals surface area (Å²) in [6.07, 6.45) is 3.44. The average molecular weight is 336 g/mol. The minimum absolute atomic E-state index is 0.0843. The zero-order chi connectivity index (χ0) is 15.5. The maximum atomic E-state index is 10.5.